The SMILES string of the molecule is CCCCS(=O)(=O)N1CCCN(C(=O)c2cc(C)ccc2C)CC1. The molecule has 1 aromatic carbocycles. The molecule has 6 heteroatoms. The van der Waals surface area contributed by atoms with Crippen LogP contribution >= 0.6 is 0 Å². The summed E-state index contributed by atoms with van der Waals surface area (Å²) in [6, 6.07) is 5.87. The molecule has 134 valence electrons. The summed E-state index contributed by atoms with van der Waals surface area (Å²) in [6.45, 7) is 7.85. The van der Waals surface area contributed by atoms with Crippen LogP contribution in [0.25, 0.3) is 0 Å². The molecule has 0 spiro atoms. The number of hydrogen-bond acceptors (Lipinski definition) is 3. The molecule has 0 unspecified atom stereocenters. The lowest BCUT2D eigenvalue weighted by atomic mass is 10.0. The third kappa shape index (κ3) is 4.57. The normalized spacial score (nSPS) is 16.9. The third-order valence-electron chi connectivity index (χ3n) is 4.51. The van der Waals surface area contributed by atoms with Crippen molar-refractivity contribution in [3.8, 4) is 0 Å². The van der Waals surface area contributed by atoms with E-state index in [2.05, 4.69) is 0 Å². The lowest BCUT2D eigenvalue weighted by molar-refractivity contribution is 0.0763. The molecule has 0 saturated carbocycles. The Morgan fingerprint density at radius 3 is 2.58 bits per heavy atom. The molecule has 1 heterocycles. The Morgan fingerprint density at radius 1 is 1.12 bits per heavy atom. The molecule has 1 fully saturated rings. The van der Waals surface area contributed by atoms with Gasteiger partial charge in [-0.3, -0.25) is 4.79 Å². The highest BCUT2D eigenvalue weighted by Gasteiger charge is 2.27. The number of aryl methyl sites for hydroxylation is 2. The number of hydrogen-bond donors (Lipinski definition) is 0. The van der Waals surface area contributed by atoms with Gasteiger partial charge < -0.3 is 4.90 Å². The van der Waals surface area contributed by atoms with Gasteiger partial charge >= 0.3 is 0 Å². The van der Waals surface area contributed by atoms with Crippen molar-refractivity contribution in [1.82, 2.24) is 9.21 Å². The third-order valence-corrected chi connectivity index (χ3v) is 6.47. The molecule has 0 N–H and O–H groups in total. The summed E-state index contributed by atoms with van der Waals surface area (Å²) in [5.74, 6) is 0.207. The number of sulfonamides is 1. The fourth-order valence-corrected chi connectivity index (χ4v) is 4.65. The summed E-state index contributed by atoms with van der Waals surface area (Å²) in [4.78, 5) is 14.6. The molecular formula is C18H28N2O3S. The second-order valence-corrected chi connectivity index (χ2v) is 8.62. The molecular weight excluding hydrogens is 324 g/mol. The Hall–Kier alpha value is -1.40. The Kier molecular flexibility index (Phi) is 6.40. The first kappa shape index (κ1) is 18.9. The van der Waals surface area contributed by atoms with Crippen LogP contribution in [-0.4, -0.2) is 55.5 Å². The number of benzene rings is 1. The van der Waals surface area contributed by atoms with E-state index in [-0.39, 0.29) is 11.7 Å². The molecule has 1 amide bonds. The second kappa shape index (κ2) is 8.12. The topological polar surface area (TPSA) is 57.7 Å². The van der Waals surface area contributed by atoms with Gasteiger partial charge in [-0.15, -0.1) is 0 Å². The van der Waals surface area contributed by atoms with Crippen molar-refractivity contribution in [2.24, 2.45) is 0 Å². The van der Waals surface area contributed by atoms with Crippen molar-refractivity contribution in [2.75, 3.05) is 31.9 Å². The zero-order chi connectivity index (χ0) is 17.7. The summed E-state index contributed by atoms with van der Waals surface area (Å²) in [7, 11) is -3.20. The fourth-order valence-electron chi connectivity index (χ4n) is 2.97. The van der Waals surface area contributed by atoms with E-state index in [1.54, 1.807) is 9.21 Å². The van der Waals surface area contributed by atoms with Crippen molar-refractivity contribution in [1.29, 1.82) is 0 Å². The van der Waals surface area contributed by atoms with Crippen LogP contribution in [0.3, 0.4) is 0 Å². The van der Waals surface area contributed by atoms with Crippen LogP contribution in [0.1, 0.15) is 47.7 Å². The summed E-state index contributed by atoms with van der Waals surface area (Å²) in [6.07, 6.45) is 2.23. The van der Waals surface area contributed by atoms with Crippen LogP contribution in [0, 0.1) is 13.8 Å². The standard InChI is InChI=1S/C18H28N2O3S/c1-4-5-13-24(22,23)20-10-6-9-19(11-12-20)18(21)17-14-15(2)7-8-16(17)3/h7-8,14H,4-6,9-13H2,1-3H3. The molecule has 1 aliphatic heterocycles. The summed E-state index contributed by atoms with van der Waals surface area (Å²) >= 11 is 0. The van der Waals surface area contributed by atoms with E-state index >= 15 is 0 Å². The Labute approximate surface area is 145 Å². The van der Waals surface area contributed by atoms with Crippen molar-refractivity contribution >= 4 is 15.9 Å². The quantitative estimate of drug-likeness (QED) is 0.818. The van der Waals surface area contributed by atoms with Gasteiger partial charge in [-0.05, 0) is 38.3 Å². The molecule has 0 aromatic heterocycles. The summed E-state index contributed by atoms with van der Waals surface area (Å²) in [5, 5.41) is 0. The minimum Gasteiger partial charge on any atom is -0.337 e. The highest BCUT2D eigenvalue weighted by molar-refractivity contribution is 7.89. The van der Waals surface area contributed by atoms with Gasteiger partial charge in [0.05, 0.1) is 5.75 Å². The zero-order valence-corrected chi connectivity index (χ0v) is 15.7. The van der Waals surface area contributed by atoms with Crippen molar-refractivity contribution in [3.05, 3.63) is 34.9 Å². The first-order valence-electron chi connectivity index (χ1n) is 8.69. The van der Waals surface area contributed by atoms with Gasteiger partial charge in [0.1, 0.15) is 0 Å². The van der Waals surface area contributed by atoms with Crippen LogP contribution < -0.4 is 0 Å². The monoisotopic (exact) mass is 352 g/mol. The number of amides is 1. The molecule has 2 rings (SSSR count). The number of unbranched alkanes of at least 4 members (excludes halogenated alkanes) is 1. The molecule has 0 atom stereocenters. The minimum absolute atomic E-state index is 0.00371. The summed E-state index contributed by atoms with van der Waals surface area (Å²) < 4.78 is 26.3. The lowest BCUT2D eigenvalue weighted by Gasteiger charge is -2.22. The largest absolute Gasteiger partial charge is 0.337 e. The molecule has 5 nitrogen and oxygen atoms in total. The van der Waals surface area contributed by atoms with E-state index in [0.29, 0.717) is 39.0 Å². The van der Waals surface area contributed by atoms with Crippen LogP contribution in [0.15, 0.2) is 18.2 Å². The van der Waals surface area contributed by atoms with Gasteiger partial charge in [-0.1, -0.05) is 31.0 Å². The zero-order valence-electron chi connectivity index (χ0n) is 14.9. The minimum atomic E-state index is -3.20. The van der Waals surface area contributed by atoms with Gasteiger partial charge in [-0.25, -0.2) is 12.7 Å². The first-order chi connectivity index (χ1) is 11.3. The van der Waals surface area contributed by atoms with E-state index < -0.39 is 10.0 Å². The van der Waals surface area contributed by atoms with E-state index in [4.69, 9.17) is 0 Å². The number of carbonyl (C=O) groups excluding carboxylic acids is 1. The molecule has 1 aliphatic rings. The van der Waals surface area contributed by atoms with Gasteiger partial charge in [0.2, 0.25) is 10.0 Å². The number of rotatable bonds is 5. The number of nitrogens with zero attached hydrogens (tertiary/aromatic N) is 2. The molecule has 0 bridgehead atoms. The second-order valence-electron chi connectivity index (χ2n) is 6.53. The van der Waals surface area contributed by atoms with Gasteiger partial charge in [0, 0.05) is 31.7 Å². The average Bonchev–Trinajstić information content (AvgIpc) is 2.81. The van der Waals surface area contributed by atoms with E-state index in [1.807, 2.05) is 39.0 Å². The highest BCUT2D eigenvalue weighted by atomic mass is 32.2. The van der Waals surface area contributed by atoms with Gasteiger partial charge in [0.15, 0.2) is 0 Å². The molecule has 24 heavy (non-hydrogen) atoms. The van der Waals surface area contributed by atoms with E-state index in [9.17, 15) is 13.2 Å². The molecule has 1 saturated heterocycles. The van der Waals surface area contributed by atoms with Gasteiger partial charge in [0.25, 0.3) is 5.91 Å². The lowest BCUT2D eigenvalue weighted by Crippen LogP contribution is -2.38. The van der Waals surface area contributed by atoms with Crippen molar-refractivity contribution < 1.29 is 13.2 Å². The predicted octanol–water partition coefficient (Wildman–Crippen LogP) is 2.58. The van der Waals surface area contributed by atoms with Crippen LogP contribution in [0.2, 0.25) is 0 Å². The van der Waals surface area contributed by atoms with Crippen LogP contribution in [-0.2, 0) is 10.0 Å². The van der Waals surface area contributed by atoms with Crippen LogP contribution in [0.5, 0.6) is 0 Å². The maximum atomic E-state index is 12.8. The predicted molar refractivity (Wildman–Crippen MR) is 96.7 cm³/mol. The molecule has 1 aromatic rings. The van der Waals surface area contributed by atoms with Crippen LogP contribution in [0.4, 0.5) is 0 Å². The maximum Gasteiger partial charge on any atom is 0.254 e. The first-order valence-corrected chi connectivity index (χ1v) is 10.3. The smallest absolute Gasteiger partial charge is 0.254 e. The fraction of sp³-hybridized carbons (Fsp3) is 0.611. The van der Waals surface area contributed by atoms with Gasteiger partial charge in [-0.2, -0.15) is 0 Å². The Balaban J connectivity index is 2.07. The van der Waals surface area contributed by atoms with Crippen molar-refractivity contribution in [3.63, 3.8) is 0 Å². The molecule has 0 radical (unpaired) electrons. The van der Waals surface area contributed by atoms with E-state index in [1.165, 1.54) is 0 Å². The van der Waals surface area contributed by atoms with E-state index in [0.717, 1.165) is 23.1 Å². The number of carbonyl (C=O) groups is 1. The highest BCUT2D eigenvalue weighted by Crippen LogP contribution is 2.16. The summed E-state index contributed by atoms with van der Waals surface area (Å²) in [5.41, 5.74) is 2.74. The Bertz CT molecular complexity index is 686. The maximum absolute atomic E-state index is 12.8. The Morgan fingerprint density at radius 2 is 1.88 bits per heavy atom. The average molecular weight is 353 g/mol. The molecule has 0 aliphatic carbocycles. The van der Waals surface area contributed by atoms with Crippen molar-refractivity contribution in [2.45, 2.75) is 40.0 Å².